The van der Waals surface area contributed by atoms with Gasteiger partial charge in [0.25, 0.3) is 0 Å². The Morgan fingerprint density at radius 2 is 1.75 bits per heavy atom. The van der Waals surface area contributed by atoms with Crippen molar-refractivity contribution < 1.29 is 9.31 Å². The van der Waals surface area contributed by atoms with Gasteiger partial charge in [0.15, 0.2) is 0 Å². The summed E-state index contributed by atoms with van der Waals surface area (Å²) >= 11 is 0. The molecule has 2 aromatic rings. The molecule has 0 amide bonds. The first kappa shape index (κ1) is 18.7. The van der Waals surface area contributed by atoms with Crippen LogP contribution >= 0.6 is 0 Å². The van der Waals surface area contributed by atoms with Crippen molar-refractivity contribution in [2.75, 3.05) is 13.1 Å². The molecule has 3 aliphatic rings. The number of benzene rings is 1. The van der Waals surface area contributed by atoms with Crippen molar-refractivity contribution in [3.63, 3.8) is 0 Å². The molecule has 0 N–H and O–H groups in total. The zero-order valence-corrected chi connectivity index (χ0v) is 17.7. The summed E-state index contributed by atoms with van der Waals surface area (Å²) in [4.78, 5) is 7.77. The Bertz CT molecular complexity index is 875. The quantitative estimate of drug-likeness (QED) is 0.712. The number of rotatable bonds is 1. The van der Waals surface area contributed by atoms with E-state index in [4.69, 9.17) is 14.3 Å². The first-order valence-electron chi connectivity index (χ1n) is 10.9. The normalized spacial score (nSPS) is 27.3. The van der Waals surface area contributed by atoms with Crippen LogP contribution in [0.15, 0.2) is 18.2 Å². The average molecular weight is 381 g/mol. The van der Waals surface area contributed by atoms with E-state index in [2.05, 4.69) is 55.4 Å². The van der Waals surface area contributed by atoms with Crippen molar-refractivity contribution >= 4 is 23.6 Å². The highest BCUT2D eigenvalue weighted by molar-refractivity contribution is 6.62. The van der Waals surface area contributed by atoms with Gasteiger partial charge < -0.3 is 13.9 Å². The minimum absolute atomic E-state index is 0.319. The van der Waals surface area contributed by atoms with Crippen LogP contribution in [0.3, 0.4) is 0 Å². The van der Waals surface area contributed by atoms with Crippen molar-refractivity contribution in [3.05, 3.63) is 24.0 Å². The average Bonchev–Trinajstić information content (AvgIpc) is 3.06. The third kappa shape index (κ3) is 3.01. The number of nitrogens with zero attached hydrogens (tertiary/aromatic N) is 3. The van der Waals surface area contributed by atoms with Gasteiger partial charge in [0.2, 0.25) is 0 Å². The lowest BCUT2D eigenvalue weighted by molar-refractivity contribution is 0.00578. The molecule has 0 radical (unpaired) electrons. The summed E-state index contributed by atoms with van der Waals surface area (Å²) in [7, 11) is -0.326. The molecule has 0 bridgehead atoms. The zero-order chi connectivity index (χ0) is 19.5. The van der Waals surface area contributed by atoms with Crippen molar-refractivity contribution in [2.24, 2.45) is 0 Å². The van der Waals surface area contributed by atoms with Crippen LogP contribution in [-0.2, 0) is 22.3 Å². The monoisotopic (exact) mass is 381 g/mol. The first-order valence-corrected chi connectivity index (χ1v) is 10.9. The first-order chi connectivity index (χ1) is 13.3. The molecule has 1 aromatic heterocycles. The molecule has 1 unspecified atom stereocenters. The second kappa shape index (κ2) is 6.58. The summed E-state index contributed by atoms with van der Waals surface area (Å²) < 4.78 is 15.0. The number of aromatic nitrogens is 2. The Balaban J connectivity index is 1.47. The van der Waals surface area contributed by atoms with Gasteiger partial charge in [0.05, 0.1) is 22.2 Å². The molecule has 4 heterocycles. The third-order valence-corrected chi connectivity index (χ3v) is 7.37. The van der Waals surface area contributed by atoms with Gasteiger partial charge in [-0.1, -0.05) is 12.5 Å². The van der Waals surface area contributed by atoms with E-state index in [-0.39, 0.29) is 18.3 Å². The fourth-order valence-corrected chi connectivity index (χ4v) is 4.96. The molecule has 2 fully saturated rings. The van der Waals surface area contributed by atoms with Crippen molar-refractivity contribution in [1.29, 1.82) is 0 Å². The van der Waals surface area contributed by atoms with E-state index in [0.717, 1.165) is 23.9 Å². The molecule has 5 nitrogen and oxygen atoms in total. The molecule has 0 saturated carbocycles. The topological polar surface area (TPSA) is 39.5 Å². The zero-order valence-electron chi connectivity index (χ0n) is 17.7. The lowest BCUT2D eigenvalue weighted by atomic mass is 9.79. The second-order valence-electron chi connectivity index (χ2n) is 9.76. The highest BCUT2D eigenvalue weighted by atomic mass is 16.7. The third-order valence-electron chi connectivity index (χ3n) is 7.37. The molecule has 0 aliphatic carbocycles. The van der Waals surface area contributed by atoms with Gasteiger partial charge in [0.1, 0.15) is 5.82 Å². The van der Waals surface area contributed by atoms with Crippen LogP contribution in [0.5, 0.6) is 0 Å². The van der Waals surface area contributed by atoms with Crippen LogP contribution in [-0.4, -0.2) is 51.9 Å². The molecule has 6 heteroatoms. The highest BCUT2D eigenvalue weighted by Gasteiger charge is 2.51. The minimum atomic E-state index is -0.326. The van der Waals surface area contributed by atoms with Gasteiger partial charge in [-0.05, 0) is 71.1 Å². The van der Waals surface area contributed by atoms with Crippen molar-refractivity contribution in [3.8, 4) is 0 Å². The molecule has 150 valence electrons. The molecule has 1 aromatic carbocycles. The number of piperidine rings is 1. The van der Waals surface area contributed by atoms with E-state index in [9.17, 15) is 0 Å². The number of hydrogen-bond donors (Lipinski definition) is 0. The van der Waals surface area contributed by atoms with E-state index < -0.39 is 0 Å². The van der Waals surface area contributed by atoms with Crippen LogP contribution in [0, 0.1) is 0 Å². The van der Waals surface area contributed by atoms with Crippen LogP contribution in [0.25, 0.3) is 11.0 Å². The SMILES string of the molecule is CC1(C)OB(c2ccc3c(c2)nc2n3CCCN3CCCCC3C2)OC1(C)C. The largest absolute Gasteiger partial charge is 0.494 e. The van der Waals surface area contributed by atoms with Crippen LogP contribution in [0.1, 0.15) is 59.2 Å². The molecule has 2 saturated heterocycles. The number of imidazole rings is 1. The van der Waals surface area contributed by atoms with E-state index in [1.54, 1.807) is 0 Å². The van der Waals surface area contributed by atoms with Gasteiger partial charge in [-0.15, -0.1) is 0 Å². The number of aryl methyl sites for hydroxylation is 1. The summed E-state index contributed by atoms with van der Waals surface area (Å²) in [6.45, 7) is 11.9. The summed E-state index contributed by atoms with van der Waals surface area (Å²) in [5, 5.41) is 0. The summed E-state index contributed by atoms with van der Waals surface area (Å²) in [5.41, 5.74) is 2.75. The summed E-state index contributed by atoms with van der Waals surface area (Å²) in [6, 6.07) is 7.21. The maximum absolute atomic E-state index is 6.25. The van der Waals surface area contributed by atoms with Gasteiger partial charge in [0, 0.05) is 25.6 Å². The summed E-state index contributed by atoms with van der Waals surface area (Å²) in [5.74, 6) is 1.25. The standard InChI is InChI=1S/C22H32BN3O2/c1-21(2)22(3,4)28-23(27-21)16-9-10-19-18(14-16)24-20-15-17-8-5-6-11-25(17)12-7-13-26(19)20/h9-10,14,17H,5-8,11-13,15H2,1-4H3. The molecular weight excluding hydrogens is 349 g/mol. The van der Waals surface area contributed by atoms with Gasteiger partial charge in [-0.25, -0.2) is 4.98 Å². The Kier molecular flexibility index (Phi) is 4.38. The molecule has 3 aliphatic heterocycles. The highest BCUT2D eigenvalue weighted by Crippen LogP contribution is 2.36. The Hall–Kier alpha value is -1.37. The smallest absolute Gasteiger partial charge is 0.399 e. The van der Waals surface area contributed by atoms with E-state index in [0.29, 0.717) is 6.04 Å². The van der Waals surface area contributed by atoms with Gasteiger partial charge in [-0.2, -0.15) is 0 Å². The van der Waals surface area contributed by atoms with Gasteiger partial charge >= 0.3 is 7.12 Å². The van der Waals surface area contributed by atoms with Crippen LogP contribution < -0.4 is 5.46 Å². The fourth-order valence-electron chi connectivity index (χ4n) is 4.96. The number of hydrogen-bond acceptors (Lipinski definition) is 4. The van der Waals surface area contributed by atoms with Crippen LogP contribution in [0.2, 0.25) is 0 Å². The Morgan fingerprint density at radius 1 is 1.00 bits per heavy atom. The molecule has 0 spiro atoms. The van der Waals surface area contributed by atoms with Crippen LogP contribution in [0.4, 0.5) is 0 Å². The minimum Gasteiger partial charge on any atom is -0.399 e. The summed E-state index contributed by atoms with van der Waals surface area (Å²) in [6.07, 6.45) is 6.29. The van der Waals surface area contributed by atoms with Crippen molar-refractivity contribution in [2.45, 2.75) is 83.6 Å². The molecular formula is C22H32BN3O2. The molecule has 5 rings (SSSR count). The predicted octanol–water partition coefficient (Wildman–Crippen LogP) is 3.14. The number of fused-ring (bicyclic) bond motifs is 4. The van der Waals surface area contributed by atoms with Crippen molar-refractivity contribution in [1.82, 2.24) is 14.5 Å². The predicted molar refractivity (Wildman–Crippen MR) is 113 cm³/mol. The van der Waals surface area contributed by atoms with Gasteiger partial charge in [-0.3, -0.25) is 4.90 Å². The van der Waals surface area contributed by atoms with E-state index in [1.807, 2.05) is 0 Å². The lowest BCUT2D eigenvalue weighted by Crippen LogP contribution is -2.43. The lowest BCUT2D eigenvalue weighted by Gasteiger charge is -2.37. The van der Waals surface area contributed by atoms with E-state index in [1.165, 1.54) is 50.1 Å². The Labute approximate surface area is 168 Å². The fraction of sp³-hybridized carbons (Fsp3) is 0.682. The molecule has 28 heavy (non-hydrogen) atoms. The maximum atomic E-state index is 6.25. The Morgan fingerprint density at radius 3 is 2.54 bits per heavy atom. The van der Waals surface area contributed by atoms with E-state index >= 15 is 0 Å². The maximum Gasteiger partial charge on any atom is 0.494 e. The molecule has 1 atom stereocenters. The second-order valence-corrected chi connectivity index (χ2v) is 9.76.